The fourth-order valence-corrected chi connectivity index (χ4v) is 2.77. The molecule has 2 unspecified atom stereocenters. The molecule has 2 N–H and O–H groups in total. The molecule has 1 aliphatic heterocycles. The molecule has 0 saturated carbocycles. The molecule has 2 rings (SSSR count). The van der Waals surface area contributed by atoms with E-state index in [1.165, 1.54) is 6.07 Å². The highest BCUT2D eigenvalue weighted by Gasteiger charge is 2.23. The summed E-state index contributed by atoms with van der Waals surface area (Å²) in [6.45, 7) is 3.96. The van der Waals surface area contributed by atoms with E-state index in [-0.39, 0.29) is 5.82 Å². The molecule has 1 aromatic rings. The van der Waals surface area contributed by atoms with Crippen LogP contribution in [0.4, 0.5) is 4.39 Å². The van der Waals surface area contributed by atoms with Gasteiger partial charge < -0.3 is 5.73 Å². The van der Waals surface area contributed by atoms with Crippen LogP contribution in [-0.2, 0) is 6.54 Å². The van der Waals surface area contributed by atoms with E-state index < -0.39 is 0 Å². The Morgan fingerprint density at radius 1 is 1.53 bits per heavy atom. The number of hydrogen-bond acceptors (Lipinski definition) is 2. The maximum absolute atomic E-state index is 13.4. The topological polar surface area (TPSA) is 29.3 Å². The van der Waals surface area contributed by atoms with Crippen molar-refractivity contribution in [2.24, 2.45) is 5.73 Å². The molecular weight excluding hydrogens is 283 g/mol. The minimum absolute atomic E-state index is 0.191. The number of likely N-dealkylation sites (tertiary alicyclic amines) is 1. The van der Waals surface area contributed by atoms with Crippen LogP contribution in [0.3, 0.4) is 0 Å². The Balaban J connectivity index is 2.08. The molecule has 0 spiro atoms. The number of hydrogen-bond donors (Lipinski definition) is 1. The number of benzene rings is 1. The lowest BCUT2D eigenvalue weighted by molar-refractivity contribution is 0.139. The molecule has 1 aliphatic rings. The highest BCUT2D eigenvalue weighted by molar-refractivity contribution is 9.10. The van der Waals surface area contributed by atoms with Gasteiger partial charge in [0.1, 0.15) is 5.82 Å². The summed E-state index contributed by atoms with van der Waals surface area (Å²) in [6.07, 6.45) is 2.05. The average molecular weight is 301 g/mol. The molecule has 17 heavy (non-hydrogen) atoms. The van der Waals surface area contributed by atoms with Crippen LogP contribution in [0.1, 0.15) is 25.3 Å². The van der Waals surface area contributed by atoms with Gasteiger partial charge in [0.25, 0.3) is 0 Å². The van der Waals surface area contributed by atoms with Crippen molar-refractivity contribution in [2.75, 3.05) is 6.54 Å². The normalized spacial score (nSPS) is 26.1. The summed E-state index contributed by atoms with van der Waals surface area (Å²) in [5, 5.41) is 0. The summed E-state index contributed by atoms with van der Waals surface area (Å²) in [6, 6.07) is 5.99. The van der Waals surface area contributed by atoms with Crippen LogP contribution in [-0.4, -0.2) is 23.5 Å². The van der Waals surface area contributed by atoms with Crippen molar-refractivity contribution in [2.45, 2.75) is 38.4 Å². The lowest BCUT2D eigenvalue weighted by atomic mass is 9.98. The third kappa shape index (κ3) is 3.06. The number of rotatable bonds is 2. The number of nitrogens with two attached hydrogens (primary N) is 1. The Morgan fingerprint density at radius 3 is 3.00 bits per heavy atom. The van der Waals surface area contributed by atoms with E-state index >= 15 is 0 Å². The molecule has 0 aliphatic carbocycles. The molecular formula is C13H18BrFN2. The van der Waals surface area contributed by atoms with Crippen molar-refractivity contribution >= 4 is 15.9 Å². The Bertz CT molecular complexity index is 397. The van der Waals surface area contributed by atoms with Gasteiger partial charge in [-0.15, -0.1) is 0 Å². The average Bonchev–Trinajstić information content (AvgIpc) is 2.28. The third-order valence-electron chi connectivity index (χ3n) is 3.46. The van der Waals surface area contributed by atoms with Crippen LogP contribution in [0.15, 0.2) is 22.7 Å². The minimum atomic E-state index is -0.191. The Morgan fingerprint density at radius 2 is 2.29 bits per heavy atom. The van der Waals surface area contributed by atoms with Gasteiger partial charge in [-0.25, -0.2) is 4.39 Å². The first-order valence-corrected chi connectivity index (χ1v) is 6.79. The second kappa shape index (κ2) is 5.46. The predicted molar refractivity (Wildman–Crippen MR) is 71.2 cm³/mol. The van der Waals surface area contributed by atoms with Gasteiger partial charge in [-0.1, -0.05) is 12.1 Å². The van der Waals surface area contributed by atoms with E-state index in [2.05, 4.69) is 27.8 Å². The molecule has 2 nitrogen and oxygen atoms in total. The van der Waals surface area contributed by atoms with Gasteiger partial charge >= 0.3 is 0 Å². The van der Waals surface area contributed by atoms with E-state index in [4.69, 9.17) is 5.73 Å². The summed E-state index contributed by atoms with van der Waals surface area (Å²) in [4.78, 5) is 2.36. The van der Waals surface area contributed by atoms with Crippen LogP contribution in [0.2, 0.25) is 0 Å². The van der Waals surface area contributed by atoms with Crippen LogP contribution < -0.4 is 5.73 Å². The van der Waals surface area contributed by atoms with Gasteiger partial charge in [0.15, 0.2) is 0 Å². The largest absolute Gasteiger partial charge is 0.328 e. The zero-order valence-electron chi connectivity index (χ0n) is 10.00. The number of piperidine rings is 1. The van der Waals surface area contributed by atoms with Gasteiger partial charge in [0.05, 0.1) is 4.47 Å². The van der Waals surface area contributed by atoms with Gasteiger partial charge in [-0.05, 0) is 47.3 Å². The van der Waals surface area contributed by atoms with Crippen molar-refractivity contribution in [3.63, 3.8) is 0 Å². The van der Waals surface area contributed by atoms with Gasteiger partial charge in [0.2, 0.25) is 0 Å². The van der Waals surface area contributed by atoms with Crippen LogP contribution in [0, 0.1) is 5.82 Å². The molecule has 0 amide bonds. The van der Waals surface area contributed by atoms with Gasteiger partial charge in [-0.3, -0.25) is 4.90 Å². The van der Waals surface area contributed by atoms with Crippen molar-refractivity contribution in [1.82, 2.24) is 4.90 Å². The first-order valence-electron chi connectivity index (χ1n) is 6.00. The van der Waals surface area contributed by atoms with Crippen molar-refractivity contribution < 1.29 is 4.39 Å². The monoisotopic (exact) mass is 300 g/mol. The standard InChI is InChI=1S/C13H18BrFN2/c1-9-7-11(16)5-6-17(9)8-10-3-2-4-12(15)13(10)14/h2-4,9,11H,5-8,16H2,1H3. The lowest BCUT2D eigenvalue weighted by Crippen LogP contribution is -2.45. The van der Waals surface area contributed by atoms with Crippen molar-refractivity contribution in [3.05, 3.63) is 34.1 Å². The minimum Gasteiger partial charge on any atom is -0.328 e. The second-order valence-electron chi connectivity index (χ2n) is 4.82. The first kappa shape index (κ1) is 13.0. The SMILES string of the molecule is CC1CC(N)CCN1Cc1cccc(F)c1Br. The number of nitrogens with zero attached hydrogens (tertiary/aromatic N) is 1. The second-order valence-corrected chi connectivity index (χ2v) is 5.61. The maximum Gasteiger partial charge on any atom is 0.137 e. The van der Waals surface area contributed by atoms with Crippen LogP contribution in [0.5, 0.6) is 0 Å². The lowest BCUT2D eigenvalue weighted by Gasteiger charge is -2.36. The molecule has 2 atom stereocenters. The highest BCUT2D eigenvalue weighted by atomic mass is 79.9. The molecule has 0 radical (unpaired) electrons. The predicted octanol–water partition coefficient (Wildman–Crippen LogP) is 2.90. The fraction of sp³-hybridized carbons (Fsp3) is 0.538. The highest BCUT2D eigenvalue weighted by Crippen LogP contribution is 2.25. The summed E-state index contributed by atoms with van der Waals surface area (Å²) < 4.78 is 14.0. The molecule has 1 saturated heterocycles. The fourth-order valence-electron chi connectivity index (χ4n) is 2.38. The Hall–Kier alpha value is -0.450. The van der Waals surface area contributed by atoms with E-state index in [1.807, 2.05) is 6.07 Å². The smallest absolute Gasteiger partial charge is 0.137 e. The molecule has 0 bridgehead atoms. The van der Waals surface area contributed by atoms with Crippen molar-refractivity contribution in [3.8, 4) is 0 Å². The van der Waals surface area contributed by atoms with Crippen LogP contribution >= 0.6 is 15.9 Å². The Labute approximate surface area is 110 Å². The third-order valence-corrected chi connectivity index (χ3v) is 4.35. The number of halogens is 2. The molecule has 1 aromatic carbocycles. The molecule has 1 heterocycles. The van der Waals surface area contributed by atoms with E-state index in [1.54, 1.807) is 6.07 Å². The summed E-state index contributed by atoms with van der Waals surface area (Å²) in [5.74, 6) is -0.191. The summed E-state index contributed by atoms with van der Waals surface area (Å²) >= 11 is 3.31. The van der Waals surface area contributed by atoms with Crippen LogP contribution in [0.25, 0.3) is 0 Å². The van der Waals surface area contributed by atoms with Gasteiger partial charge in [0, 0.05) is 25.2 Å². The quantitative estimate of drug-likeness (QED) is 0.910. The first-order chi connectivity index (χ1) is 8.08. The summed E-state index contributed by atoms with van der Waals surface area (Å²) in [7, 11) is 0. The molecule has 94 valence electrons. The molecule has 0 aromatic heterocycles. The zero-order chi connectivity index (χ0) is 12.4. The van der Waals surface area contributed by atoms with E-state index in [0.29, 0.717) is 16.6 Å². The van der Waals surface area contributed by atoms with Crippen molar-refractivity contribution in [1.29, 1.82) is 0 Å². The summed E-state index contributed by atoms with van der Waals surface area (Å²) in [5.41, 5.74) is 6.95. The van der Waals surface area contributed by atoms with Gasteiger partial charge in [-0.2, -0.15) is 0 Å². The molecule has 4 heteroatoms. The Kier molecular flexibility index (Phi) is 4.17. The maximum atomic E-state index is 13.4. The van der Waals surface area contributed by atoms with E-state index in [0.717, 1.165) is 31.5 Å². The van der Waals surface area contributed by atoms with E-state index in [9.17, 15) is 4.39 Å². The zero-order valence-corrected chi connectivity index (χ0v) is 11.6. The molecule has 1 fully saturated rings.